The Balaban J connectivity index is 1.40. The van der Waals surface area contributed by atoms with E-state index < -0.39 is 40.7 Å². The zero-order valence-corrected chi connectivity index (χ0v) is 22.0. The van der Waals surface area contributed by atoms with Crippen LogP contribution in [0.3, 0.4) is 0 Å². The molecule has 1 saturated heterocycles. The van der Waals surface area contributed by atoms with E-state index in [4.69, 9.17) is 4.74 Å². The van der Waals surface area contributed by atoms with Gasteiger partial charge in [-0.05, 0) is 63.0 Å². The number of hydroxylamine groups is 1. The molecule has 0 spiro atoms. The number of nitrogens with one attached hydrogen (secondary N) is 1. The Hall–Kier alpha value is -2.93. The van der Waals surface area contributed by atoms with Gasteiger partial charge in [0.15, 0.2) is 11.6 Å². The topological polar surface area (TPSA) is 94.9 Å². The number of aromatic nitrogens is 1. The lowest BCUT2D eigenvalue weighted by Gasteiger charge is -2.40. The van der Waals surface area contributed by atoms with Gasteiger partial charge < -0.3 is 14.7 Å². The molecule has 0 aliphatic carbocycles. The number of pyridine rings is 1. The Labute approximate surface area is 227 Å². The Kier molecular flexibility index (Phi) is 9.31. The summed E-state index contributed by atoms with van der Waals surface area (Å²) in [4.78, 5) is 18.7. The minimum atomic E-state index is -1.24. The van der Waals surface area contributed by atoms with E-state index in [9.17, 15) is 32.7 Å². The zero-order chi connectivity index (χ0) is 28.2. The number of hydrogen-bond donors (Lipinski definition) is 3. The number of rotatable bonds is 10. The average molecular weight is 568 g/mol. The van der Waals surface area contributed by atoms with Crippen molar-refractivity contribution in [3.05, 3.63) is 65.4 Å². The van der Waals surface area contributed by atoms with Crippen molar-refractivity contribution in [2.45, 2.75) is 36.7 Å². The highest BCUT2D eigenvalue weighted by Gasteiger charge is 2.41. The second kappa shape index (κ2) is 12.5. The third-order valence-corrected chi connectivity index (χ3v) is 8.31. The molecule has 0 radical (unpaired) electrons. The van der Waals surface area contributed by atoms with Gasteiger partial charge in [0.2, 0.25) is 5.91 Å². The largest absolute Gasteiger partial charge is 0.497 e. The van der Waals surface area contributed by atoms with Crippen molar-refractivity contribution in [2.24, 2.45) is 5.41 Å². The molecule has 3 aromatic rings. The van der Waals surface area contributed by atoms with Crippen molar-refractivity contribution in [3.8, 4) is 5.75 Å². The number of nitrogens with zero attached hydrogens (tertiary/aromatic N) is 2. The first-order valence-electron chi connectivity index (χ1n) is 12.4. The number of fused-ring (bicyclic) bond motifs is 1. The monoisotopic (exact) mass is 567 g/mol. The lowest BCUT2D eigenvalue weighted by molar-refractivity contribution is -0.143. The van der Waals surface area contributed by atoms with Crippen molar-refractivity contribution in [3.63, 3.8) is 0 Å². The number of ether oxygens (including phenoxy) is 1. The molecule has 0 unspecified atom stereocenters. The van der Waals surface area contributed by atoms with E-state index >= 15 is 0 Å². The molecule has 1 aliphatic rings. The smallest absolute Gasteiger partial charge is 0.249 e. The number of methoxy groups -OCH3 is 1. The van der Waals surface area contributed by atoms with Gasteiger partial charge >= 0.3 is 0 Å². The summed E-state index contributed by atoms with van der Waals surface area (Å²) in [6.45, 7) is 1.42. The molecule has 39 heavy (non-hydrogen) atoms. The van der Waals surface area contributed by atoms with Crippen LogP contribution < -0.4 is 10.2 Å². The number of likely N-dealkylation sites (tertiary alicyclic amines) is 1. The van der Waals surface area contributed by atoms with Gasteiger partial charge in [-0.3, -0.25) is 15.0 Å². The maximum Gasteiger partial charge on any atom is 0.249 e. The van der Waals surface area contributed by atoms with E-state index in [0.717, 1.165) is 24.0 Å². The molecule has 0 bridgehead atoms. The van der Waals surface area contributed by atoms with Gasteiger partial charge in [0, 0.05) is 34.2 Å². The third-order valence-electron chi connectivity index (χ3n) is 7.32. The lowest BCUT2D eigenvalue weighted by Crippen LogP contribution is -2.48. The molecule has 2 heterocycles. The standard InChI is InChI=1S/C27H29F4N3O4S/c1-38-17-2-3-21-18(14-17)24(20(30)15-32-21)22(35)4-5-27(26(36)33-37)6-8-34(9-7-27)10-11-39-23-13-16(28)12-19(29)25(23)31/h2-3,12-15,22,35,37H,4-11H2,1H3,(H,33,36)/t22-/m1/s1. The van der Waals surface area contributed by atoms with Crippen LogP contribution in [0.25, 0.3) is 10.9 Å². The maximum absolute atomic E-state index is 14.8. The van der Waals surface area contributed by atoms with Crippen LogP contribution in [0.2, 0.25) is 0 Å². The minimum absolute atomic E-state index is 0.0565. The van der Waals surface area contributed by atoms with E-state index in [1.807, 2.05) is 4.90 Å². The van der Waals surface area contributed by atoms with Gasteiger partial charge in [0.25, 0.3) is 0 Å². The fraction of sp³-hybridized carbons (Fsp3) is 0.407. The Morgan fingerprint density at radius 3 is 2.62 bits per heavy atom. The first kappa shape index (κ1) is 29.1. The van der Waals surface area contributed by atoms with Crippen molar-refractivity contribution < 1.29 is 37.4 Å². The molecule has 12 heteroatoms. The van der Waals surface area contributed by atoms with Crippen LogP contribution in [0.4, 0.5) is 17.6 Å². The molecule has 7 nitrogen and oxygen atoms in total. The molecule has 1 amide bonds. The molecule has 210 valence electrons. The summed E-state index contributed by atoms with van der Waals surface area (Å²) in [5, 5.41) is 20.8. The molecule has 1 aliphatic heterocycles. The van der Waals surface area contributed by atoms with Gasteiger partial charge in [-0.25, -0.2) is 23.0 Å². The number of carbonyl (C=O) groups is 1. The number of halogens is 4. The van der Waals surface area contributed by atoms with E-state index in [1.165, 1.54) is 7.11 Å². The molecule has 1 fully saturated rings. The van der Waals surface area contributed by atoms with Gasteiger partial charge in [0.1, 0.15) is 17.4 Å². The van der Waals surface area contributed by atoms with E-state index in [-0.39, 0.29) is 23.3 Å². The van der Waals surface area contributed by atoms with E-state index in [1.54, 1.807) is 23.7 Å². The summed E-state index contributed by atoms with van der Waals surface area (Å²) in [5.74, 6) is -3.58. The van der Waals surface area contributed by atoms with Gasteiger partial charge in [-0.1, -0.05) is 0 Å². The maximum atomic E-state index is 14.8. The predicted molar refractivity (Wildman–Crippen MR) is 138 cm³/mol. The fourth-order valence-corrected chi connectivity index (χ4v) is 6.02. The van der Waals surface area contributed by atoms with Crippen LogP contribution in [0.1, 0.15) is 37.4 Å². The Morgan fingerprint density at radius 2 is 1.92 bits per heavy atom. The van der Waals surface area contributed by atoms with Crippen LogP contribution in [-0.4, -0.2) is 58.6 Å². The highest BCUT2D eigenvalue weighted by Crippen LogP contribution is 2.40. The third kappa shape index (κ3) is 6.46. The van der Waals surface area contributed by atoms with Crippen LogP contribution in [0.5, 0.6) is 5.75 Å². The zero-order valence-electron chi connectivity index (χ0n) is 21.2. The second-order valence-electron chi connectivity index (χ2n) is 9.57. The molecule has 2 aromatic carbocycles. The molecular weight excluding hydrogens is 538 g/mol. The number of benzene rings is 2. The molecule has 1 aromatic heterocycles. The summed E-state index contributed by atoms with van der Waals surface area (Å²) in [5.41, 5.74) is 1.29. The molecule has 4 rings (SSSR count). The number of carbonyl (C=O) groups excluding carboxylic acids is 1. The van der Waals surface area contributed by atoms with Crippen LogP contribution in [0, 0.1) is 28.7 Å². The Morgan fingerprint density at radius 1 is 1.18 bits per heavy atom. The molecule has 0 saturated carbocycles. The van der Waals surface area contributed by atoms with Crippen molar-refractivity contribution in [1.29, 1.82) is 0 Å². The average Bonchev–Trinajstić information content (AvgIpc) is 2.94. The number of amides is 1. The fourth-order valence-electron chi connectivity index (χ4n) is 5.03. The summed E-state index contributed by atoms with van der Waals surface area (Å²) in [7, 11) is 1.48. The summed E-state index contributed by atoms with van der Waals surface area (Å²) >= 11 is 0.998. The SMILES string of the molecule is COc1ccc2ncc(F)c([C@H](O)CCC3(C(=O)NO)CCN(CCSc4cc(F)cc(F)c4F)CC3)c2c1. The number of aliphatic hydroxyl groups excluding tert-OH is 1. The summed E-state index contributed by atoms with van der Waals surface area (Å²) in [6.07, 6.45) is 0.761. The molecule has 1 atom stereocenters. The van der Waals surface area contributed by atoms with Crippen LogP contribution in [-0.2, 0) is 4.79 Å². The number of aliphatic hydroxyl groups is 1. The van der Waals surface area contributed by atoms with Crippen molar-refractivity contribution >= 4 is 28.6 Å². The Bertz CT molecular complexity index is 1340. The molecule has 3 N–H and O–H groups in total. The highest BCUT2D eigenvalue weighted by atomic mass is 32.2. The van der Waals surface area contributed by atoms with Crippen LogP contribution >= 0.6 is 11.8 Å². The molecular formula is C27H29F4N3O4S. The summed E-state index contributed by atoms with van der Waals surface area (Å²) in [6, 6.07) is 6.39. The highest BCUT2D eigenvalue weighted by molar-refractivity contribution is 7.99. The first-order chi connectivity index (χ1) is 18.7. The second-order valence-corrected chi connectivity index (χ2v) is 10.7. The summed E-state index contributed by atoms with van der Waals surface area (Å²) < 4.78 is 60.8. The predicted octanol–water partition coefficient (Wildman–Crippen LogP) is 4.99. The number of piperidine rings is 1. The van der Waals surface area contributed by atoms with Crippen molar-refractivity contribution in [1.82, 2.24) is 15.4 Å². The van der Waals surface area contributed by atoms with E-state index in [2.05, 4.69) is 4.98 Å². The minimum Gasteiger partial charge on any atom is -0.497 e. The van der Waals surface area contributed by atoms with E-state index in [0.29, 0.717) is 60.9 Å². The van der Waals surface area contributed by atoms with Crippen LogP contribution in [0.15, 0.2) is 41.4 Å². The van der Waals surface area contributed by atoms with Crippen molar-refractivity contribution in [2.75, 3.05) is 32.5 Å². The first-order valence-corrected chi connectivity index (χ1v) is 13.4. The van der Waals surface area contributed by atoms with Gasteiger partial charge in [0.05, 0.1) is 30.3 Å². The normalized spacial score (nSPS) is 16.3. The number of hydrogen-bond acceptors (Lipinski definition) is 7. The van der Waals surface area contributed by atoms with Gasteiger partial charge in [-0.15, -0.1) is 11.8 Å². The lowest BCUT2D eigenvalue weighted by atomic mass is 9.73. The van der Waals surface area contributed by atoms with Gasteiger partial charge in [-0.2, -0.15) is 0 Å². The quantitative estimate of drug-likeness (QED) is 0.104. The number of thioether (sulfide) groups is 1.